The minimum Gasteiger partial charge on any atom is -0.382 e. The van der Waals surface area contributed by atoms with Crippen LogP contribution < -0.4 is 11.1 Å². The molecule has 0 aliphatic carbocycles. The van der Waals surface area contributed by atoms with Crippen molar-refractivity contribution in [3.05, 3.63) is 21.9 Å². The number of nitrogens with two attached hydrogens (primary N) is 1. The average Bonchev–Trinajstić information content (AvgIpc) is 2.72. The second kappa shape index (κ2) is 10.6. The Morgan fingerprint density at radius 2 is 2.28 bits per heavy atom. The molecule has 0 saturated carbocycles. The Balaban J connectivity index is 0.00000289. The number of guanidine groups is 1. The van der Waals surface area contributed by atoms with Crippen LogP contribution in [-0.2, 0) is 11.3 Å². The number of ether oxygens (including phenoxy) is 1. The molecule has 0 aromatic carbocycles. The summed E-state index contributed by atoms with van der Waals surface area (Å²) in [7, 11) is 0. The number of hydrogen-bond acceptors (Lipinski definition) is 3. The van der Waals surface area contributed by atoms with Crippen molar-refractivity contribution < 1.29 is 4.74 Å². The van der Waals surface area contributed by atoms with Gasteiger partial charge in [0.15, 0.2) is 5.96 Å². The van der Waals surface area contributed by atoms with Crippen molar-refractivity contribution >= 4 is 41.3 Å². The molecule has 0 fully saturated rings. The number of nitrogens with zero attached hydrogens (tertiary/aromatic N) is 1. The molecule has 0 aliphatic rings. The molecule has 0 atom stereocenters. The molecule has 0 bridgehead atoms. The van der Waals surface area contributed by atoms with Crippen LogP contribution in [0.1, 0.15) is 23.1 Å². The van der Waals surface area contributed by atoms with Crippen LogP contribution in [0, 0.1) is 6.92 Å². The molecule has 0 aliphatic heterocycles. The van der Waals surface area contributed by atoms with Gasteiger partial charge >= 0.3 is 0 Å². The zero-order valence-corrected chi connectivity index (χ0v) is 14.1. The van der Waals surface area contributed by atoms with E-state index >= 15 is 0 Å². The van der Waals surface area contributed by atoms with Crippen molar-refractivity contribution in [1.82, 2.24) is 5.32 Å². The fraction of sp³-hybridized carbons (Fsp3) is 0.583. The summed E-state index contributed by atoms with van der Waals surface area (Å²) in [5, 5.41) is 3.07. The second-order valence-electron chi connectivity index (χ2n) is 3.69. The van der Waals surface area contributed by atoms with Crippen LogP contribution in [0.25, 0.3) is 0 Å². The predicted octanol–water partition coefficient (Wildman–Crippen LogP) is 2.51. The zero-order chi connectivity index (χ0) is 12.5. The predicted molar refractivity (Wildman–Crippen MR) is 88.9 cm³/mol. The average molecular weight is 383 g/mol. The summed E-state index contributed by atoms with van der Waals surface area (Å²) in [5.41, 5.74) is 5.75. The summed E-state index contributed by atoms with van der Waals surface area (Å²) in [5.74, 6) is 0.507. The van der Waals surface area contributed by atoms with Gasteiger partial charge in [-0.1, -0.05) is 0 Å². The van der Waals surface area contributed by atoms with Gasteiger partial charge in [-0.25, -0.2) is 4.99 Å². The SMILES string of the molecule is CCOCCCNC(N)=NCc1ccc(C)s1.I. The maximum absolute atomic E-state index is 5.75. The van der Waals surface area contributed by atoms with E-state index in [-0.39, 0.29) is 24.0 Å². The van der Waals surface area contributed by atoms with E-state index in [2.05, 4.69) is 29.4 Å². The number of halogens is 1. The lowest BCUT2D eigenvalue weighted by Crippen LogP contribution is -2.32. The smallest absolute Gasteiger partial charge is 0.188 e. The number of rotatable bonds is 7. The molecule has 18 heavy (non-hydrogen) atoms. The molecule has 0 amide bonds. The Labute approximate surface area is 130 Å². The Morgan fingerprint density at radius 1 is 1.50 bits per heavy atom. The number of thiophene rings is 1. The second-order valence-corrected chi connectivity index (χ2v) is 5.06. The fourth-order valence-electron chi connectivity index (χ4n) is 1.32. The highest BCUT2D eigenvalue weighted by atomic mass is 127. The van der Waals surface area contributed by atoms with Crippen molar-refractivity contribution in [2.75, 3.05) is 19.8 Å². The molecule has 1 aromatic rings. The summed E-state index contributed by atoms with van der Waals surface area (Å²) in [4.78, 5) is 6.82. The van der Waals surface area contributed by atoms with Crippen LogP contribution >= 0.6 is 35.3 Å². The van der Waals surface area contributed by atoms with Crippen LogP contribution in [0.3, 0.4) is 0 Å². The summed E-state index contributed by atoms with van der Waals surface area (Å²) in [6, 6.07) is 4.19. The molecule has 3 N–H and O–H groups in total. The van der Waals surface area contributed by atoms with E-state index in [9.17, 15) is 0 Å². The van der Waals surface area contributed by atoms with Crippen LogP contribution in [0.15, 0.2) is 17.1 Å². The number of aliphatic imine (C=N–C) groups is 1. The van der Waals surface area contributed by atoms with E-state index in [1.54, 1.807) is 11.3 Å². The summed E-state index contributed by atoms with van der Waals surface area (Å²) < 4.78 is 5.23. The number of hydrogen-bond donors (Lipinski definition) is 2. The first-order chi connectivity index (χ1) is 8.22. The lowest BCUT2D eigenvalue weighted by molar-refractivity contribution is 0.145. The van der Waals surface area contributed by atoms with Gasteiger partial charge in [0.25, 0.3) is 0 Å². The quantitative estimate of drug-likeness (QED) is 0.329. The van der Waals surface area contributed by atoms with E-state index in [0.717, 1.165) is 26.2 Å². The molecule has 104 valence electrons. The highest BCUT2D eigenvalue weighted by molar-refractivity contribution is 14.0. The maximum atomic E-state index is 5.75. The lowest BCUT2D eigenvalue weighted by atomic mass is 10.4. The Bertz CT molecular complexity index is 355. The van der Waals surface area contributed by atoms with Crippen molar-refractivity contribution in [2.45, 2.75) is 26.8 Å². The number of aryl methyl sites for hydroxylation is 1. The van der Waals surface area contributed by atoms with Crippen LogP contribution in [0.2, 0.25) is 0 Å². The van der Waals surface area contributed by atoms with Gasteiger partial charge in [-0.05, 0) is 32.4 Å². The Hall–Kier alpha value is -0.340. The summed E-state index contributed by atoms with van der Waals surface area (Å²) >= 11 is 1.75. The van der Waals surface area contributed by atoms with Gasteiger partial charge in [0.1, 0.15) is 0 Å². The van der Waals surface area contributed by atoms with Gasteiger partial charge in [-0.3, -0.25) is 0 Å². The first kappa shape index (κ1) is 17.7. The van der Waals surface area contributed by atoms with Crippen LogP contribution in [-0.4, -0.2) is 25.7 Å². The third-order valence-corrected chi connectivity index (χ3v) is 3.16. The maximum Gasteiger partial charge on any atom is 0.188 e. The molecule has 1 heterocycles. The molecule has 0 saturated heterocycles. The van der Waals surface area contributed by atoms with Crippen molar-refractivity contribution in [3.8, 4) is 0 Å². The largest absolute Gasteiger partial charge is 0.382 e. The van der Waals surface area contributed by atoms with Gasteiger partial charge in [-0.2, -0.15) is 0 Å². The van der Waals surface area contributed by atoms with Gasteiger partial charge < -0.3 is 15.8 Å². The van der Waals surface area contributed by atoms with E-state index < -0.39 is 0 Å². The first-order valence-corrected chi connectivity index (χ1v) is 6.71. The molecule has 1 rings (SSSR count). The lowest BCUT2D eigenvalue weighted by Gasteiger charge is -2.05. The normalized spacial score (nSPS) is 11.1. The van der Waals surface area contributed by atoms with Crippen molar-refractivity contribution in [3.63, 3.8) is 0 Å². The molecule has 0 spiro atoms. The van der Waals surface area contributed by atoms with E-state index in [1.165, 1.54) is 9.75 Å². The first-order valence-electron chi connectivity index (χ1n) is 5.89. The topological polar surface area (TPSA) is 59.6 Å². The molecular weight excluding hydrogens is 361 g/mol. The summed E-state index contributed by atoms with van der Waals surface area (Å²) in [6.45, 7) is 7.07. The molecule has 6 heteroatoms. The highest BCUT2D eigenvalue weighted by Crippen LogP contribution is 2.15. The standard InChI is InChI=1S/C12H21N3OS.HI/c1-3-16-8-4-7-14-12(13)15-9-11-6-5-10(2)17-11;/h5-6H,3-4,7-9H2,1-2H3,(H3,13,14,15);1H. The minimum atomic E-state index is 0. The third-order valence-electron chi connectivity index (χ3n) is 2.18. The van der Waals surface area contributed by atoms with Crippen LogP contribution in [0.5, 0.6) is 0 Å². The van der Waals surface area contributed by atoms with E-state index in [0.29, 0.717) is 12.5 Å². The molecular formula is C12H22IN3OS. The monoisotopic (exact) mass is 383 g/mol. The zero-order valence-electron chi connectivity index (χ0n) is 10.9. The number of nitrogens with one attached hydrogen (secondary N) is 1. The fourth-order valence-corrected chi connectivity index (χ4v) is 2.14. The van der Waals surface area contributed by atoms with Gasteiger partial charge in [0.05, 0.1) is 6.54 Å². The molecule has 0 unspecified atom stereocenters. The van der Waals surface area contributed by atoms with Gasteiger partial charge in [0.2, 0.25) is 0 Å². The van der Waals surface area contributed by atoms with Crippen LogP contribution in [0.4, 0.5) is 0 Å². The van der Waals surface area contributed by atoms with Crippen molar-refractivity contribution in [2.24, 2.45) is 10.7 Å². The Kier molecular flexibility index (Phi) is 10.4. The molecule has 1 aromatic heterocycles. The van der Waals surface area contributed by atoms with Gasteiger partial charge in [0, 0.05) is 29.5 Å². The van der Waals surface area contributed by atoms with Gasteiger partial charge in [-0.15, -0.1) is 35.3 Å². The minimum absolute atomic E-state index is 0. The van der Waals surface area contributed by atoms with E-state index in [1.807, 2.05) is 6.92 Å². The highest BCUT2D eigenvalue weighted by Gasteiger charge is 1.96. The molecule has 4 nitrogen and oxygen atoms in total. The third kappa shape index (κ3) is 7.88. The summed E-state index contributed by atoms with van der Waals surface area (Å²) in [6.07, 6.45) is 0.947. The van der Waals surface area contributed by atoms with E-state index in [4.69, 9.17) is 10.5 Å². The van der Waals surface area contributed by atoms with Crippen molar-refractivity contribution in [1.29, 1.82) is 0 Å². The molecule has 0 radical (unpaired) electrons. The Morgan fingerprint density at radius 3 is 2.89 bits per heavy atom.